The first-order valence-electron chi connectivity index (χ1n) is 7.28. The molecule has 7 heteroatoms. The van der Waals surface area contributed by atoms with Crippen LogP contribution in [0.25, 0.3) is 0 Å². The van der Waals surface area contributed by atoms with Crippen molar-refractivity contribution in [3.8, 4) is 0 Å². The summed E-state index contributed by atoms with van der Waals surface area (Å²) >= 11 is 0. The van der Waals surface area contributed by atoms with Crippen LogP contribution >= 0.6 is 0 Å². The third kappa shape index (κ3) is 2.38. The van der Waals surface area contributed by atoms with Crippen molar-refractivity contribution < 1.29 is 14.4 Å². The number of rotatable bonds is 2. The molecule has 2 fully saturated rings. The summed E-state index contributed by atoms with van der Waals surface area (Å²) < 4.78 is 11.9. The van der Waals surface area contributed by atoms with Gasteiger partial charge in [-0.3, -0.25) is 0 Å². The van der Waals surface area contributed by atoms with Gasteiger partial charge in [0.25, 0.3) is 0 Å². The molecule has 0 atom stereocenters. The Bertz CT molecular complexity index is 525. The maximum absolute atomic E-state index is 9.41. The molecule has 2 heterocycles. The first-order chi connectivity index (χ1) is 9.63. The van der Waals surface area contributed by atoms with E-state index in [9.17, 15) is 5.11 Å². The smallest absolute Gasteiger partial charge is 0.399 e. The number of nitrogens with two attached hydrogens (primary N) is 1. The third-order valence-electron chi connectivity index (χ3n) is 4.84. The average Bonchev–Trinajstić information content (AvgIpc) is 2.57. The summed E-state index contributed by atoms with van der Waals surface area (Å²) in [5.41, 5.74) is 5.56. The van der Waals surface area contributed by atoms with Crippen LogP contribution in [0.5, 0.6) is 0 Å². The second-order valence-electron chi connectivity index (χ2n) is 7.15. The lowest BCUT2D eigenvalue weighted by atomic mass is 9.74. The lowest BCUT2D eigenvalue weighted by Crippen LogP contribution is -2.53. The quantitative estimate of drug-likeness (QED) is 0.750. The highest BCUT2D eigenvalue weighted by Crippen LogP contribution is 2.38. The molecule has 1 aromatic heterocycles. The van der Waals surface area contributed by atoms with Crippen LogP contribution in [0.3, 0.4) is 0 Å². The van der Waals surface area contributed by atoms with E-state index in [0.717, 1.165) is 5.46 Å². The van der Waals surface area contributed by atoms with Gasteiger partial charge in [-0.1, -0.05) is 0 Å². The summed E-state index contributed by atoms with van der Waals surface area (Å²) in [4.78, 5) is 8.68. The molecule has 0 amide bonds. The zero-order chi connectivity index (χ0) is 15.5. The fourth-order valence-corrected chi connectivity index (χ4v) is 2.66. The Hall–Kier alpha value is -1.02. The number of aliphatic hydroxyl groups excluding tert-OH is 1. The van der Waals surface area contributed by atoms with Gasteiger partial charge in [0, 0.05) is 17.9 Å². The molecule has 0 unspecified atom stereocenters. The Kier molecular flexibility index (Phi) is 3.19. The molecule has 0 bridgehead atoms. The molecular formula is C14H22BN3O3. The standard InChI is InChI=1S/C14H22BN3O3/c1-12(2)13(3,4)21-15(20-12)9-7-17-11(18-8-9)14(16)5-10(19)6-14/h7-8,10,19H,5-6,16H2,1-4H3. The first kappa shape index (κ1) is 14.9. The topological polar surface area (TPSA) is 90.5 Å². The molecule has 1 saturated heterocycles. The number of nitrogens with zero attached hydrogens (tertiary/aromatic N) is 2. The molecule has 1 aliphatic heterocycles. The highest BCUT2D eigenvalue weighted by molar-refractivity contribution is 6.61. The van der Waals surface area contributed by atoms with E-state index in [1.165, 1.54) is 0 Å². The molecule has 6 nitrogen and oxygen atoms in total. The Labute approximate surface area is 125 Å². The van der Waals surface area contributed by atoms with E-state index in [1.54, 1.807) is 12.4 Å². The predicted octanol–water partition coefficient (Wildman–Crippen LogP) is 0.0845. The van der Waals surface area contributed by atoms with Gasteiger partial charge in [0.2, 0.25) is 0 Å². The highest BCUT2D eigenvalue weighted by Gasteiger charge is 2.52. The monoisotopic (exact) mass is 291 g/mol. The van der Waals surface area contributed by atoms with Gasteiger partial charge in [-0.2, -0.15) is 0 Å². The fraction of sp³-hybridized carbons (Fsp3) is 0.714. The molecule has 1 aliphatic carbocycles. The van der Waals surface area contributed by atoms with Crippen molar-refractivity contribution in [2.24, 2.45) is 5.73 Å². The minimum absolute atomic E-state index is 0.346. The molecule has 114 valence electrons. The SMILES string of the molecule is CC1(C)OB(c2cnc(C3(N)CC(O)C3)nc2)OC1(C)C. The van der Waals surface area contributed by atoms with Crippen LogP contribution in [-0.4, -0.2) is 39.5 Å². The zero-order valence-corrected chi connectivity index (χ0v) is 13.0. The molecule has 21 heavy (non-hydrogen) atoms. The number of aliphatic hydroxyl groups is 1. The van der Waals surface area contributed by atoms with E-state index in [4.69, 9.17) is 15.0 Å². The molecule has 0 spiro atoms. The van der Waals surface area contributed by atoms with Crippen molar-refractivity contribution in [1.82, 2.24) is 9.97 Å². The molecule has 1 aromatic rings. The number of aromatic nitrogens is 2. The van der Waals surface area contributed by atoms with Gasteiger partial charge >= 0.3 is 7.12 Å². The van der Waals surface area contributed by atoms with Crippen molar-refractivity contribution in [1.29, 1.82) is 0 Å². The molecule has 1 saturated carbocycles. The Morgan fingerprint density at radius 3 is 2.05 bits per heavy atom. The lowest BCUT2D eigenvalue weighted by molar-refractivity contribution is 0.00578. The molecule has 3 N–H and O–H groups in total. The van der Waals surface area contributed by atoms with E-state index < -0.39 is 12.7 Å². The van der Waals surface area contributed by atoms with Crippen molar-refractivity contribution in [3.63, 3.8) is 0 Å². The summed E-state index contributed by atoms with van der Waals surface area (Å²) in [5.74, 6) is 0.563. The van der Waals surface area contributed by atoms with Crippen molar-refractivity contribution in [3.05, 3.63) is 18.2 Å². The van der Waals surface area contributed by atoms with Gasteiger partial charge < -0.3 is 20.1 Å². The van der Waals surface area contributed by atoms with Crippen LogP contribution in [0.4, 0.5) is 0 Å². The summed E-state index contributed by atoms with van der Waals surface area (Å²) in [6.45, 7) is 8.03. The predicted molar refractivity (Wildman–Crippen MR) is 78.9 cm³/mol. The average molecular weight is 291 g/mol. The number of hydrogen-bond acceptors (Lipinski definition) is 6. The van der Waals surface area contributed by atoms with Crippen LogP contribution < -0.4 is 11.2 Å². The summed E-state index contributed by atoms with van der Waals surface area (Å²) in [5, 5.41) is 9.41. The summed E-state index contributed by atoms with van der Waals surface area (Å²) in [6.07, 6.45) is 4.06. The number of hydrogen-bond donors (Lipinski definition) is 2. The van der Waals surface area contributed by atoms with E-state index in [0.29, 0.717) is 18.7 Å². The van der Waals surface area contributed by atoms with Crippen LogP contribution in [-0.2, 0) is 14.8 Å². The van der Waals surface area contributed by atoms with Crippen molar-refractivity contribution in [2.75, 3.05) is 0 Å². The maximum atomic E-state index is 9.41. The van der Waals surface area contributed by atoms with E-state index in [-0.39, 0.29) is 17.3 Å². The highest BCUT2D eigenvalue weighted by atomic mass is 16.7. The van der Waals surface area contributed by atoms with E-state index in [2.05, 4.69) is 9.97 Å². The molecule has 3 rings (SSSR count). The summed E-state index contributed by atoms with van der Waals surface area (Å²) in [6, 6.07) is 0. The van der Waals surface area contributed by atoms with Crippen LogP contribution in [0.15, 0.2) is 12.4 Å². The lowest BCUT2D eigenvalue weighted by Gasteiger charge is -2.40. The zero-order valence-electron chi connectivity index (χ0n) is 13.0. The van der Waals surface area contributed by atoms with Gasteiger partial charge in [-0.25, -0.2) is 9.97 Å². The van der Waals surface area contributed by atoms with Crippen LogP contribution in [0.2, 0.25) is 0 Å². The molecule has 0 radical (unpaired) electrons. The van der Waals surface area contributed by atoms with Gasteiger partial charge in [-0.15, -0.1) is 0 Å². The second kappa shape index (κ2) is 4.49. The van der Waals surface area contributed by atoms with Crippen LogP contribution in [0.1, 0.15) is 46.4 Å². The third-order valence-corrected chi connectivity index (χ3v) is 4.84. The van der Waals surface area contributed by atoms with Gasteiger partial charge in [-0.05, 0) is 40.5 Å². The van der Waals surface area contributed by atoms with Crippen LogP contribution in [0, 0.1) is 0 Å². The van der Waals surface area contributed by atoms with E-state index in [1.807, 2.05) is 27.7 Å². The van der Waals surface area contributed by atoms with Crippen molar-refractivity contribution in [2.45, 2.75) is 63.4 Å². The fourth-order valence-electron chi connectivity index (χ4n) is 2.66. The Morgan fingerprint density at radius 1 is 1.14 bits per heavy atom. The first-order valence-corrected chi connectivity index (χ1v) is 7.28. The Morgan fingerprint density at radius 2 is 1.62 bits per heavy atom. The molecule has 0 aromatic carbocycles. The second-order valence-corrected chi connectivity index (χ2v) is 7.15. The largest absolute Gasteiger partial charge is 0.498 e. The van der Waals surface area contributed by atoms with Crippen molar-refractivity contribution >= 4 is 12.6 Å². The Balaban J connectivity index is 1.77. The molecule has 2 aliphatic rings. The maximum Gasteiger partial charge on any atom is 0.498 e. The van der Waals surface area contributed by atoms with Gasteiger partial charge in [0.1, 0.15) is 5.82 Å². The minimum atomic E-state index is -0.603. The van der Waals surface area contributed by atoms with E-state index >= 15 is 0 Å². The minimum Gasteiger partial charge on any atom is -0.399 e. The van der Waals surface area contributed by atoms with Gasteiger partial charge in [0.15, 0.2) is 0 Å². The normalized spacial score (nSPS) is 33.8. The summed E-state index contributed by atoms with van der Waals surface area (Å²) in [7, 11) is -0.468. The van der Waals surface area contributed by atoms with Gasteiger partial charge in [0.05, 0.1) is 22.8 Å². The molecular weight excluding hydrogens is 269 g/mol.